The maximum absolute atomic E-state index is 12.1. The van der Waals surface area contributed by atoms with Gasteiger partial charge in [-0.1, -0.05) is 36.4 Å². The molecule has 0 aromatic heterocycles. The van der Waals surface area contributed by atoms with Crippen LogP contribution in [0.25, 0.3) is 0 Å². The Morgan fingerprint density at radius 3 is 1.94 bits per heavy atom. The first-order valence-electron chi connectivity index (χ1n) is 4.87. The summed E-state index contributed by atoms with van der Waals surface area (Å²) < 4.78 is 17.5. The Kier molecular flexibility index (Phi) is 3.09. The van der Waals surface area contributed by atoms with Gasteiger partial charge in [-0.3, -0.25) is 4.57 Å². The van der Waals surface area contributed by atoms with Crippen molar-refractivity contribution in [2.75, 3.05) is 0 Å². The Bertz CT molecular complexity index is 499. The molecule has 0 spiro atoms. The lowest BCUT2D eigenvalue weighted by atomic mass is 10.3. The van der Waals surface area contributed by atoms with Gasteiger partial charge in [0.1, 0.15) is 5.75 Å². The molecule has 1 unspecified atom stereocenters. The van der Waals surface area contributed by atoms with Gasteiger partial charge in [-0.05, 0) is 24.3 Å². The second-order valence-electron chi connectivity index (χ2n) is 3.34. The van der Waals surface area contributed by atoms with Crippen LogP contribution in [-0.2, 0) is 4.57 Å². The van der Waals surface area contributed by atoms with Crippen LogP contribution in [0.3, 0.4) is 0 Å². The lowest BCUT2D eigenvalue weighted by Crippen LogP contribution is -2.15. The van der Waals surface area contributed by atoms with Crippen molar-refractivity contribution in [2.24, 2.45) is 5.50 Å². The number of nitrogens with two attached hydrogens (primary N) is 1. The summed E-state index contributed by atoms with van der Waals surface area (Å²) in [5, 5.41) is 0.513. The van der Waals surface area contributed by atoms with Gasteiger partial charge >= 0.3 is 7.52 Å². The van der Waals surface area contributed by atoms with Crippen LogP contribution in [0.15, 0.2) is 60.7 Å². The van der Waals surface area contributed by atoms with E-state index in [0.29, 0.717) is 11.1 Å². The molecule has 0 saturated carbocycles. The van der Waals surface area contributed by atoms with Crippen molar-refractivity contribution in [3.8, 4) is 5.75 Å². The maximum atomic E-state index is 12.1. The molecule has 0 fully saturated rings. The molecule has 2 N–H and O–H groups in total. The van der Waals surface area contributed by atoms with Gasteiger partial charge in [-0.15, -0.1) is 0 Å². The van der Waals surface area contributed by atoms with E-state index in [1.54, 1.807) is 48.5 Å². The van der Waals surface area contributed by atoms with E-state index in [1.165, 1.54) is 0 Å². The topological polar surface area (TPSA) is 52.3 Å². The van der Waals surface area contributed by atoms with Gasteiger partial charge in [0, 0.05) is 0 Å². The normalized spacial score (nSPS) is 14.1. The minimum Gasteiger partial charge on any atom is -0.430 e. The first-order chi connectivity index (χ1) is 7.68. The Morgan fingerprint density at radius 1 is 0.875 bits per heavy atom. The van der Waals surface area contributed by atoms with E-state index in [9.17, 15) is 4.57 Å². The molecule has 0 bridgehead atoms. The number of benzene rings is 2. The molecule has 2 aromatic carbocycles. The van der Waals surface area contributed by atoms with E-state index in [4.69, 9.17) is 10.0 Å². The van der Waals surface area contributed by atoms with Gasteiger partial charge in [0.25, 0.3) is 0 Å². The summed E-state index contributed by atoms with van der Waals surface area (Å²) in [5.74, 6) is 0.511. The molecule has 0 aliphatic heterocycles. The van der Waals surface area contributed by atoms with E-state index < -0.39 is 7.52 Å². The van der Waals surface area contributed by atoms with Gasteiger partial charge in [0.2, 0.25) is 0 Å². The molecule has 0 aliphatic carbocycles. The Balaban J connectivity index is 2.25. The monoisotopic (exact) mass is 233 g/mol. The maximum Gasteiger partial charge on any atom is 0.344 e. The lowest BCUT2D eigenvalue weighted by molar-refractivity contribution is 0.494. The second-order valence-corrected chi connectivity index (χ2v) is 5.23. The first kappa shape index (κ1) is 10.9. The first-order valence-corrected chi connectivity index (χ1v) is 6.57. The average Bonchev–Trinajstić information content (AvgIpc) is 2.31. The van der Waals surface area contributed by atoms with E-state index in [-0.39, 0.29) is 0 Å². The highest BCUT2D eigenvalue weighted by Crippen LogP contribution is 2.37. The minimum atomic E-state index is -3.27. The fourth-order valence-corrected chi connectivity index (χ4v) is 2.45. The Hall–Kier alpha value is -1.57. The molecule has 0 radical (unpaired) electrons. The SMILES string of the molecule is NP(=O)(Oc1ccccc1)c1ccccc1. The highest BCUT2D eigenvalue weighted by atomic mass is 31.2. The Morgan fingerprint density at radius 2 is 1.38 bits per heavy atom. The molecule has 0 aliphatic rings. The molecule has 2 aromatic rings. The number of para-hydroxylation sites is 1. The van der Waals surface area contributed by atoms with Crippen LogP contribution in [0.1, 0.15) is 0 Å². The zero-order valence-electron chi connectivity index (χ0n) is 8.61. The number of rotatable bonds is 3. The standard InChI is InChI=1S/C12H12NO2P/c13-16(14,12-9-5-2-6-10-12)15-11-7-3-1-4-8-11/h1-10H,(H2,13,14). The summed E-state index contributed by atoms with van der Waals surface area (Å²) >= 11 is 0. The number of hydrogen-bond acceptors (Lipinski definition) is 2. The molecular formula is C12H12NO2P. The summed E-state index contributed by atoms with van der Waals surface area (Å²) in [4.78, 5) is 0. The predicted octanol–water partition coefficient (Wildman–Crippen LogP) is 2.54. The average molecular weight is 233 g/mol. The van der Waals surface area contributed by atoms with Crippen molar-refractivity contribution in [1.82, 2.24) is 0 Å². The second kappa shape index (κ2) is 4.52. The Labute approximate surface area is 94.4 Å². The lowest BCUT2D eigenvalue weighted by Gasteiger charge is -2.14. The summed E-state index contributed by atoms with van der Waals surface area (Å²) in [6.45, 7) is 0. The largest absolute Gasteiger partial charge is 0.430 e. The third kappa shape index (κ3) is 2.51. The van der Waals surface area contributed by atoms with Gasteiger partial charge in [-0.2, -0.15) is 0 Å². The van der Waals surface area contributed by atoms with Crippen LogP contribution < -0.4 is 15.3 Å². The van der Waals surface area contributed by atoms with Crippen molar-refractivity contribution in [2.45, 2.75) is 0 Å². The van der Waals surface area contributed by atoms with Crippen LogP contribution in [-0.4, -0.2) is 0 Å². The summed E-state index contributed by atoms with van der Waals surface area (Å²) in [6, 6.07) is 17.7. The predicted molar refractivity (Wildman–Crippen MR) is 64.9 cm³/mol. The zero-order valence-corrected chi connectivity index (χ0v) is 9.51. The highest BCUT2D eigenvalue weighted by Gasteiger charge is 2.20. The van der Waals surface area contributed by atoms with Crippen molar-refractivity contribution >= 4 is 12.8 Å². The molecule has 0 saturated heterocycles. The van der Waals surface area contributed by atoms with Gasteiger partial charge in [0.05, 0.1) is 5.30 Å². The zero-order chi connectivity index (χ0) is 11.4. The van der Waals surface area contributed by atoms with Crippen LogP contribution in [0.2, 0.25) is 0 Å². The highest BCUT2D eigenvalue weighted by molar-refractivity contribution is 7.65. The van der Waals surface area contributed by atoms with Gasteiger partial charge < -0.3 is 4.52 Å². The van der Waals surface area contributed by atoms with E-state index in [1.807, 2.05) is 12.1 Å². The molecule has 0 amide bonds. The molecule has 16 heavy (non-hydrogen) atoms. The van der Waals surface area contributed by atoms with Crippen LogP contribution in [0.4, 0.5) is 0 Å². The molecular weight excluding hydrogens is 221 g/mol. The van der Waals surface area contributed by atoms with Crippen LogP contribution in [0.5, 0.6) is 5.75 Å². The minimum absolute atomic E-state index is 0.511. The van der Waals surface area contributed by atoms with E-state index in [2.05, 4.69) is 0 Å². The van der Waals surface area contributed by atoms with Gasteiger partial charge in [-0.25, -0.2) is 5.50 Å². The van der Waals surface area contributed by atoms with Crippen molar-refractivity contribution in [3.05, 3.63) is 60.7 Å². The van der Waals surface area contributed by atoms with E-state index in [0.717, 1.165) is 0 Å². The fraction of sp³-hybridized carbons (Fsp3) is 0. The van der Waals surface area contributed by atoms with Gasteiger partial charge in [0.15, 0.2) is 0 Å². The van der Waals surface area contributed by atoms with E-state index >= 15 is 0 Å². The van der Waals surface area contributed by atoms with Crippen LogP contribution in [0, 0.1) is 0 Å². The molecule has 1 atom stereocenters. The summed E-state index contributed by atoms with van der Waals surface area (Å²) in [6.07, 6.45) is 0. The van der Waals surface area contributed by atoms with Crippen molar-refractivity contribution < 1.29 is 9.09 Å². The van der Waals surface area contributed by atoms with Crippen LogP contribution >= 0.6 is 7.52 Å². The molecule has 0 heterocycles. The van der Waals surface area contributed by atoms with Crippen molar-refractivity contribution in [3.63, 3.8) is 0 Å². The third-order valence-corrected chi connectivity index (χ3v) is 3.60. The quantitative estimate of drug-likeness (QED) is 0.829. The smallest absolute Gasteiger partial charge is 0.344 e. The summed E-state index contributed by atoms with van der Waals surface area (Å²) in [5.41, 5.74) is 5.70. The molecule has 82 valence electrons. The number of hydrogen-bond donors (Lipinski definition) is 1. The summed E-state index contributed by atoms with van der Waals surface area (Å²) in [7, 11) is -3.27. The van der Waals surface area contributed by atoms with Crippen molar-refractivity contribution in [1.29, 1.82) is 0 Å². The fourth-order valence-electron chi connectivity index (χ4n) is 1.33. The third-order valence-electron chi connectivity index (χ3n) is 2.10. The molecule has 3 nitrogen and oxygen atoms in total. The molecule has 2 rings (SSSR count). The molecule has 4 heteroatoms.